The van der Waals surface area contributed by atoms with E-state index in [0.717, 1.165) is 28.8 Å². The van der Waals surface area contributed by atoms with Crippen LogP contribution in [0.25, 0.3) is 0 Å². The van der Waals surface area contributed by atoms with Crippen LogP contribution in [0.2, 0.25) is 5.02 Å². The van der Waals surface area contributed by atoms with Gasteiger partial charge in [0.05, 0.1) is 0 Å². The van der Waals surface area contributed by atoms with Gasteiger partial charge in [-0.25, -0.2) is 0 Å². The Hall–Kier alpha value is -1.27. The van der Waals surface area contributed by atoms with Crippen molar-refractivity contribution in [2.75, 3.05) is 6.54 Å². The number of hydrogen-bond donors (Lipinski definition) is 3. The molecule has 0 aromatic heterocycles. The molecule has 0 spiro atoms. The molecule has 1 heterocycles. The van der Waals surface area contributed by atoms with Crippen LogP contribution in [0.4, 0.5) is 0 Å². The third-order valence-corrected chi connectivity index (χ3v) is 4.90. The van der Waals surface area contributed by atoms with Gasteiger partial charge in [0.2, 0.25) is 0 Å². The Balaban J connectivity index is 2.45. The molecule has 4 nitrogen and oxygen atoms in total. The number of amides is 1. The fraction of sp³-hybridized carbons (Fsp3) is 0.294. The van der Waals surface area contributed by atoms with E-state index in [2.05, 4.69) is 17.5 Å². The van der Waals surface area contributed by atoms with E-state index in [1.165, 1.54) is 22.1 Å². The predicted molar refractivity (Wildman–Crippen MR) is 93.7 cm³/mol. The molecule has 1 aromatic carbocycles. The Bertz CT molecular complexity index is 683. The zero-order chi connectivity index (χ0) is 16.8. The van der Waals surface area contributed by atoms with Crippen molar-refractivity contribution >= 4 is 43.1 Å². The Kier molecular flexibility index (Phi) is 6.71. The van der Waals surface area contributed by atoms with E-state index in [4.69, 9.17) is 11.6 Å². The first-order valence-corrected chi connectivity index (χ1v) is 9.21. The third-order valence-electron chi connectivity index (χ3n) is 3.50. The summed E-state index contributed by atoms with van der Waals surface area (Å²) >= 11 is 7.39. The van der Waals surface area contributed by atoms with E-state index in [0.29, 0.717) is 18.5 Å². The molecule has 3 N–H and O–H groups in total. The Morgan fingerprint density at radius 2 is 1.78 bits per heavy atom. The second-order valence-corrected chi connectivity index (χ2v) is 7.49. The molecule has 120 valence electrons. The molecule has 0 fully saturated rings. The van der Waals surface area contributed by atoms with Gasteiger partial charge in [-0.05, 0) is 0 Å². The first-order chi connectivity index (χ1) is 11.0. The van der Waals surface area contributed by atoms with Gasteiger partial charge in [-0.1, -0.05) is 0 Å². The molecular weight excluding hydrogens is 420 g/mol. The van der Waals surface area contributed by atoms with Gasteiger partial charge in [-0.3, -0.25) is 0 Å². The van der Waals surface area contributed by atoms with Crippen LogP contribution in [-0.2, 0) is 6.42 Å². The number of allylic oxidation sites excluding steroid dienone is 3. The van der Waals surface area contributed by atoms with Crippen LogP contribution < -0.4 is 5.32 Å². The van der Waals surface area contributed by atoms with Crippen molar-refractivity contribution in [2.45, 2.75) is 25.7 Å². The SMILES string of the molecule is O=C1NCC/C=C/CC/C=C/[C](=[Sn])Cc2c(Cl)c(O)cc(O)c21. The standard InChI is InChI=1S/C17H18ClNO3.Sn/c18-16-12-9-7-5-3-1-2-4-6-8-10-19-17(22)15(12)13(20)11-14(16)21;/h3-6,11,20-21H,1-2,8-10H2,(H,19,22);/b5-3+,6-4+;. The van der Waals surface area contributed by atoms with E-state index in [1.54, 1.807) is 0 Å². The number of carbonyl (C=O) groups is 1. The molecule has 6 heteroatoms. The van der Waals surface area contributed by atoms with Crippen LogP contribution in [0.15, 0.2) is 30.4 Å². The first kappa shape index (κ1) is 18.1. The van der Waals surface area contributed by atoms with E-state index < -0.39 is 0 Å². The maximum atomic E-state index is 12.4. The Labute approximate surface area is 153 Å². The number of phenolic OH excluding ortho intramolecular Hbond substituents is 2. The van der Waals surface area contributed by atoms with Gasteiger partial charge in [0, 0.05) is 0 Å². The van der Waals surface area contributed by atoms with Crippen molar-refractivity contribution in [1.82, 2.24) is 5.32 Å². The topological polar surface area (TPSA) is 69.6 Å². The molecular formula is C17H18ClNO3Sn. The minimum atomic E-state index is -0.377. The molecule has 23 heavy (non-hydrogen) atoms. The van der Waals surface area contributed by atoms with Crippen molar-refractivity contribution in [2.24, 2.45) is 0 Å². The van der Waals surface area contributed by atoms with Crippen LogP contribution in [0.1, 0.15) is 35.2 Å². The Morgan fingerprint density at radius 3 is 2.57 bits per heavy atom. The summed E-state index contributed by atoms with van der Waals surface area (Å²) in [4.78, 5) is 12.4. The summed E-state index contributed by atoms with van der Waals surface area (Å²) in [5, 5.41) is 22.9. The molecule has 0 atom stereocenters. The number of benzene rings is 1. The van der Waals surface area contributed by atoms with Crippen molar-refractivity contribution in [3.63, 3.8) is 0 Å². The quantitative estimate of drug-likeness (QED) is 0.431. The second kappa shape index (κ2) is 8.54. The molecule has 0 saturated carbocycles. The minimum absolute atomic E-state index is 0.119. The van der Waals surface area contributed by atoms with Crippen LogP contribution >= 0.6 is 11.6 Å². The number of nitrogens with one attached hydrogen (secondary N) is 1. The molecule has 0 bridgehead atoms. The van der Waals surface area contributed by atoms with Crippen molar-refractivity contribution < 1.29 is 15.0 Å². The van der Waals surface area contributed by atoms with E-state index in [9.17, 15) is 15.0 Å². The normalized spacial score (nSPS) is 19.3. The summed E-state index contributed by atoms with van der Waals surface area (Å²) in [5.41, 5.74) is 0.604. The number of carbonyl (C=O) groups excluding carboxylic acids is 1. The van der Waals surface area contributed by atoms with Gasteiger partial charge in [0.1, 0.15) is 0 Å². The van der Waals surface area contributed by atoms with Gasteiger partial charge in [0.25, 0.3) is 0 Å². The number of fused-ring (bicyclic) bond motifs is 1. The molecule has 1 aromatic rings. The Morgan fingerprint density at radius 1 is 1.09 bits per heavy atom. The molecule has 1 amide bonds. The van der Waals surface area contributed by atoms with Crippen molar-refractivity contribution in [3.05, 3.63) is 46.5 Å². The number of aromatic hydroxyl groups is 2. The summed E-state index contributed by atoms with van der Waals surface area (Å²) in [7, 11) is 0. The molecule has 0 saturated heterocycles. The summed E-state index contributed by atoms with van der Waals surface area (Å²) < 4.78 is 1.08. The van der Waals surface area contributed by atoms with E-state index in [-0.39, 0.29) is 28.0 Å². The monoisotopic (exact) mass is 439 g/mol. The van der Waals surface area contributed by atoms with Gasteiger partial charge in [0.15, 0.2) is 0 Å². The van der Waals surface area contributed by atoms with Gasteiger partial charge < -0.3 is 0 Å². The fourth-order valence-corrected chi connectivity index (χ4v) is 3.42. The molecule has 2 radical (unpaired) electrons. The van der Waals surface area contributed by atoms with E-state index >= 15 is 0 Å². The first-order valence-electron chi connectivity index (χ1n) is 7.41. The average molecular weight is 438 g/mol. The summed E-state index contributed by atoms with van der Waals surface area (Å²) in [5.74, 6) is -0.848. The second-order valence-electron chi connectivity index (χ2n) is 5.28. The van der Waals surface area contributed by atoms with Crippen molar-refractivity contribution in [3.8, 4) is 11.5 Å². The molecule has 0 aliphatic carbocycles. The van der Waals surface area contributed by atoms with Crippen molar-refractivity contribution in [1.29, 1.82) is 0 Å². The molecule has 1 aliphatic heterocycles. The average Bonchev–Trinajstić information content (AvgIpc) is 2.50. The third kappa shape index (κ3) is 4.85. The van der Waals surface area contributed by atoms with Gasteiger partial charge >= 0.3 is 154 Å². The van der Waals surface area contributed by atoms with E-state index in [1.807, 2.05) is 12.2 Å². The number of phenols is 2. The van der Waals surface area contributed by atoms with Crippen LogP contribution in [0.5, 0.6) is 11.5 Å². The fourth-order valence-electron chi connectivity index (χ4n) is 2.36. The zero-order valence-electron chi connectivity index (χ0n) is 12.6. The molecule has 0 unspecified atom stereocenters. The van der Waals surface area contributed by atoms with Crippen LogP contribution in [0, 0.1) is 0 Å². The summed E-state index contributed by atoms with van der Waals surface area (Å²) in [6.07, 6.45) is 11.3. The summed E-state index contributed by atoms with van der Waals surface area (Å²) in [6, 6.07) is 1.11. The zero-order valence-corrected chi connectivity index (χ0v) is 16.2. The van der Waals surface area contributed by atoms with Crippen LogP contribution in [0.3, 0.4) is 0 Å². The van der Waals surface area contributed by atoms with Crippen LogP contribution in [-0.4, -0.2) is 48.2 Å². The predicted octanol–water partition coefficient (Wildman–Crippen LogP) is 2.66. The number of hydrogen-bond acceptors (Lipinski definition) is 3. The molecule has 2 rings (SSSR count). The number of halogens is 1. The number of rotatable bonds is 0. The molecule has 1 aliphatic rings. The van der Waals surface area contributed by atoms with Gasteiger partial charge in [-0.15, -0.1) is 0 Å². The van der Waals surface area contributed by atoms with Gasteiger partial charge in [-0.2, -0.15) is 0 Å². The maximum absolute atomic E-state index is 12.4. The summed E-state index contributed by atoms with van der Waals surface area (Å²) in [6.45, 7) is 0.483.